The predicted molar refractivity (Wildman–Crippen MR) is 119 cm³/mol. The molecule has 30 heavy (non-hydrogen) atoms. The van der Waals surface area contributed by atoms with Crippen LogP contribution in [-0.2, 0) is 23.4 Å². The molecule has 0 unspecified atom stereocenters. The van der Waals surface area contributed by atoms with Gasteiger partial charge in [-0.1, -0.05) is 18.2 Å². The molecule has 2 aromatic rings. The first-order valence-corrected chi connectivity index (χ1v) is 11.6. The topological polar surface area (TPSA) is 79.4 Å². The molecule has 0 aliphatic carbocycles. The fourth-order valence-corrected chi connectivity index (χ4v) is 4.69. The van der Waals surface area contributed by atoms with Gasteiger partial charge in [-0.15, -0.1) is 11.8 Å². The van der Waals surface area contributed by atoms with Crippen LogP contribution in [0, 0.1) is 0 Å². The van der Waals surface area contributed by atoms with E-state index in [2.05, 4.69) is 27.8 Å². The van der Waals surface area contributed by atoms with Gasteiger partial charge in [-0.2, -0.15) is 0 Å². The molecule has 0 radical (unpaired) electrons. The van der Waals surface area contributed by atoms with E-state index < -0.39 is 5.54 Å². The van der Waals surface area contributed by atoms with Gasteiger partial charge in [0.25, 0.3) is 0 Å². The van der Waals surface area contributed by atoms with Gasteiger partial charge < -0.3 is 20.3 Å². The summed E-state index contributed by atoms with van der Waals surface area (Å²) < 4.78 is 5.42. The number of carbonyl (C=O) groups is 1. The predicted octanol–water partition coefficient (Wildman–Crippen LogP) is 3.75. The normalized spacial score (nSPS) is 18.2. The van der Waals surface area contributed by atoms with Gasteiger partial charge >= 0.3 is 6.03 Å². The van der Waals surface area contributed by atoms with E-state index in [0.717, 1.165) is 42.9 Å². The highest BCUT2D eigenvalue weighted by Crippen LogP contribution is 2.38. The zero-order valence-electron chi connectivity index (χ0n) is 17.8. The number of anilines is 1. The smallest absolute Gasteiger partial charge is 0.318 e. The first-order chi connectivity index (χ1) is 14.5. The van der Waals surface area contributed by atoms with Crippen molar-refractivity contribution in [3.8, 4) is 0 Å². The van der Waals surface area contributed by atoms with Gasteiger partial charge in [0.05, 0.1) is 17.8 Å². The summed E-state index contributed by atoms with van der Waals surface area (Å²) in [6, 6.07) is 8.39. The standard InChI is InChI=1S/C22H29N5O2S/c1-22(2)17-13-23-20(25-16-8-10-29-11-9-16)26-18(17)14-27(22)21(28)24-12-15-6-4-5-7-19(15)30-3/h4-7,13,16H,8-12,14H2,1-3H3,(H,24,28)(H,23,25,26). The third-order valence-corrected chi connectivity index (χ3v) is 6.77. The fraction of sp³-hybridized carbons (Fsp3) is 0.500. The summed E-state index contributed by atoms with van der Waals surface area (Å²) >= 11 is 1.69. The summed E-state index contributed by atoms with van der Waals surface area (Å²) in [5.74, 6) is 0.632. The summed E-state index contributed by atoms with van der Waals surface area (Å²) in [6.07, 6.45) is 5.82. The maximum atomic E-state index is 13.0. The van der Waals surface area contributed by atoms with Crippen LogP contribution in [0.2, 0.25) is 0 Å². The van der Waals surface area contributed by atoms with Crippen LogP contribution in [-0.4, -0.2) is 46.4 Å². The second-order valence-electron chi connectivity index (χ2n) is 8.20. The molecule has 1 aromatic carbocycles. The van der Waals surface area contributed by atoms with Crippen molar-refractivity contribution in [2.75, 3.05) is 24.8 Å². The number of nitrogens with zero attached hydrogens (tertiary/aromatic N) is 3. The minimum absolute atomic E-state index is 0.0900. The van der Waals surface area contributed by atoms with E-state index in [-0.39, 0.29) is 6.03 Å². The van der Waals surface area contributed by atoms with Gasteiger partial charge in [-0.25, -0.2) is 14.8 Å². The van der Waals surface area contributed by atoms with Crippen molar-refractivity contribution in [1.82, 2.24) is 20.2 Å². The molecule has 1 fully saturated rings. The highest BCUT2D eigenvalue weighted by atomic mass is 32.2. The second-order valence-corrected chi connectivity index (χ2v) is 9.05. The highest BCUT2D eigenvalue weighted by molar-refractivity contribution is 7.98. The molecule has 2 N–H and O–H groups in total. The van der Waals surface area contributed by atoms with Crippen LogP contribution >= 0.6 is 11.8 Å². The number of aromatic nitrogens is 2. The number of hydrogen-bond acceptors (Lipinski definition) is 6. The largest absolute Gasteiger partial charge is 0.381 e. The van der Waals surface area contributed by atoms with E-state index in [0.29, 0.717) is 25.1 Å². The van der Waals surface area contributed by atoms with Gasteiger partial charge in [0.1, 0.15) is 0 Å². The molecule has 0 saturated carbocycles. The number of urea groups is 1. The first kappa shape index (κ1) is 20.9. The van der Waals surface area contributed by atoms with Crippen molar-refractivity contribution < 1.29 is 9.53 Å². The lowest BCUT2D eigenvalue weighted by molar-refractivity contribution is 0.0903. The number of hydrogen-bond donors (Lipinski definition) is 2. The van der Waals surface area contributed by atoms with Gasteiger partial charge in [0, 0.05) is 42.5 Å². The molecular formula is C22H29N5O2S. The van der Waals surface area contributed by atoms with Crippen molar-refractivity contribution in [3.05, 3.63) is 47.3 Å². The molecule has 0 atom stereocenters. The maximum Gasteiger partial charge on any atom is 0.318 e. The number of ether oxygens (including phenoxy) is 1. The van der Waals surface area contributed by atoms with E-state index >= 15 is 0 Å². The lowest BCUT2D eigenvalue weighted by Gasteiger charge is -2.32. The Morgan fingerprint density at radius 3 is 2.83 bits per heavy atom. The molecule has 160 valence electrons. The molecular weight excluding hydrogens is 398 g/mol. The van der Waals surface area contributed by atoms with E-state index in [1.54, 1.807) is 11.8 Å². The zero-order chi connectivity index (χ0) is 21.1. The third kappa shape index (κ3) is 4.25. The summed E-state index contributed by atoms with van der Waals surface area (Å²) in [6.45, 7) is 6.60. The van der Waals surface area contributed by atoms with Gasteiger partial charge in [0.15, 0.2) is 0 Å². The monoisotopic (exact) mass is 427 g/mol. The van der Waals surface area contributed by atoms with Gasteiger partial charge in [-0.05, 0) is 44.6 Å². The minimum Gasteiger partial charge on any atom is -0.381 e. The SMILES string of the molecule is CSc1ccccc1CNC(=O)N1Cc2nc(NC3CCOCC3)ncc2C1(C)C. The van der Waals surface area contributed by atoms with Crippen LogP contribution in [0.1, 0.15) is 43.5 Å². The lowest BCUT2D eigenvalue weighted by Crippen LogP contribution is -2.45. The van der Waals surface area contributed by atoms with Crippen molar-refractivity contribution in [1.29, 1.82) is 0 Å². The Balaban J connectivity index is 1.44. The van der Waals surface area contributed by atoms with E-state index in [9.17, 15) is 4.79 Å². The second kappa shape index (κ2) is 8.81. The molecule has 7 nitrogen and oxygen atoms in total. The maximum absolute atomic E-state index is 13.0. The molecule has 2 amide bonds. The number of amides is 2. The minimum atomic E-state index is -0.463. The quantitative estimate of drug-likeness (QED) is 0.708. The van der Waals surface area contributed by atoms with Crippen LogP contribution in [0.4, 0.5) is 10.7 Å². The molecule has 0 bridgehead atoms. The molecule has 1 aromatic heterocycles. The Morgan fingerprint density at radius 2 is 2.07 bits per heavy atom. The van der Waals surface area contributed by atoms with E-state index in [1.165, 1.54) is 4.90 Å². The Morgan fingerprint density at radius 1 is 1.30 bits per heavy atom. The summed E-state index contributed by atoms with van der Waals surface area (Å²) in [5, 5.41) is 6.50. The molecule has 8 heteroatoms. The highest BCUT2D eigenvalue weighted by Gasteiger charge is 2.41. The lowest BCUT2D eigenvalue weighted by atomic mass is 9.97. The molecule has 4 rings (SSSR count). The summed E-state index contributed by atoms with van der Waals surface area (Å²) in [7, 11) is 0. The molecule has 2 aliphatic rings. The number of fused-ring (bicyclic) bond motifs is 1. The van der Waals surface area contributed by atoms with Crippen LogP contribution in [0.15, 0.2) is 35.4 Å². The zero-order valence-corrected chi connectivity index (χ0v) is 18.6. The van der Waals surface area contributed by atoms with Crippen molar-refractivity contribution in [2.45, 2.75) is 56.3 Å². The average molecular weight is 428 g/mol. The van der Waals surface area contributed by atoms with E-state index in [4.69, 9.17) is 9.72 Å². The number of nitrogens with one attached hydrogen (secondary N) is 2. The Bertz CT molecular complexity index is 914. The van der Waals surface area contributed by atoms with Crippen LogP contribution in [0.5, 0.6) is 0 Å². The average Bonchev–Trinajstić information content (AvgIpc) is 3.03. The van der Waals surface area contributed by atoms with Gasteiger partial charge in [0.2, 0.25) is 5.95 Å². The van der Waals surface area contributed by atoms with Crippen LogP contribution in [0.25, 0.3) is 0 Å². The molecule has 0 spiro atoms. The first-order valence-electron chi connectivity index (χ1n) is 10.4. The Labute approximate surface area is 182 Å². The van der Waals surface area contributed by atoms with Crippen LogP contribution in [0.3, 0.4) is 0 Å². The number of thioether (sulfide) groups is 1. The molecule has 1 saturated heterocycles. The number of benzene rings is 1. The van der Waals surface area contributed by atoms with E-state index in [1.807, 2.05) is 43.3 Å². The van der Waals surface area contributed by atoms with Crippen molar-refractivity contribution in [2.24, 2.45) is 0 Å². The molecule has 3 heterocycles. The fourth-order valence-electron chi connectivity index (χ4n) is 4.08. The van der Waals surface area contributed by atoms with Crippen molar-refractivity contribution in [3.63, 3.8) is 0 Å². The van der Waals surface area contributed by atoms with Crippen LogP contribution < -0.4 is 10.6 Å². The number of rotatable bonds is 5. The third-order valence-electron chi connectivity index (χ3n) is 5.93. The Kier molecular flexibility index (Phi) is 6.15. The summed E-state index contributed by atoms with van der Waals surface area (Å²) in [4.78, 5) is 25.3. The summed E-state index contributed by atoms with van der Waals surface area (Å²) in [5.41, 5.74) is 2.56. The number of carbonyl (C=O) groups excluding carboxylic acids is 1. The molecule has 2 aliphatic heterocycles. The van der Waals surface area contributed by atoms with Crippen molar-refractivity contribution >= 4 is 23.7 Å². The Hall–Kier alpha value is -2.32. The van der Waals surface area contributed by atoms with Gasteiger partial charge in [-0.3, -0.25) is 0 Å².